The lowest BCUT2D eigenvalue weighted by molar-refractivity contribution is 0.0226. The maximum Gasteiger partial charge on any atom is 0.0246 e. The van der Waals surface area contributed by atoms with Gasteiger partial charge in [0.2, 0.25) is 0 Å². The SMILES string of the molecule is CCC1CN2CCCC2CN1C(C)CCS(C)=O. The van der Waals surface area contributed by atoms with Gasteiger partial charge in [-0.05, 0) is 39.2 Å². The van der Waals surface area contributed by atoms with Gasteiger partial charge in [-0.15, -0.1) is 0 Å². The zero-order valence-corrected chi connectivity index (χ0v) is 12.9. The van der Waals surface area contributed by atoms with Crippen LogP contribution in [0.1, 0.15) is 39.5 Å². The Bertz CT molecular complexity index is 298. The van der Waals surface area contributed by atoms with Crippen molar-refractivity contribution < 1.29 is 4.21 Å². The molecule has 2 fully saturated rings. The Morgan fingerprint density at radius 2 is 2.17 bits per heavy atom. The monoisotopic (exact) mass is 272 g/mol. The van der Waals surface area contributed by atoms with Crippen LogP contribution in [0.15, 0.2) is 0 Å². The highest BCUT2D eigenvalue weighted by Crippen LogP contribution is 2.27. The fraction of sp³-hybridized carbons (Fsp3) is 1.00. The highest BCUT2D eigenvalue weighted by atomic mass is 32.2. The van der Waals surface area contributed by atoms with Crippen molar-refractivity contribution in [1.82, 2.24) is 9.80 Å². The van der Waals surface area contributed by atoms with Crippen LogP contribution in [-0.2, 0) is 10.8 Å². The summed E-state index contributed by atoms with van der Waals surface area (Å²) in [4.78, 5) is 5.38. The predicted molar refractivity (Wildman–Crippen MR) is 78.4 cm³/mol. The van der Waals surface area contributed by atoms with Crippen LogP contribution in [0, 0.1) is 0 Å². The Hall–Kier alpha value is 0.0700. The average molecular weight is 272 g/mol. The molecule has 0 spiro atoms. The summed E-state index contributed by atoms with van der Waals surface area (Å²) in [6, 6.07) is 2.09. The van der Waals surface area contributed by atoms with Gasteiger partial charge in [-0.25, -0.2) is 0 Å². The van der Waals surface area contributed by atoms with Gasteiger partial charge >= 0.3 is 0 Å². The normalized spacial score (nSPS) is 33.3. The maximum atomic E-state index is 11.2. The molecule has 3 nitrogen and oxygen atoms in total. The lowest BCUT2D eigenvalue weighted by Crippen LogP contribution is -2.58. The molecule has 106 valence electrons. The Kier molecular flexibility index (Phi) is 5.22. The largest absolute Gasteiger partial charge is 0.298 e. The third-order valence-corrected chi connectivity index (χ3v) is 5.51. The topological polar surface area (TPSA) is 23.6 Å². The Labute approximate surface area is 114 Å². The van der Waals surface area contributed by atoms with E-state index in [1.165, 1.54) is 38.9 Å². The number of hydrogen-bond donors (Lipinski definition) is 0. The zero-order chi connectivity index (χ0) is 13.1. The standard InChI is InChI=1S/C14H28N2OS/c1-4-13-10-15-8-5-6-14(15)11-16(13)12(2)7-9-18(3)17/h12-14H,4-11H2,1-3H3. The van der Waals surface area contributed by atoms with Crippen LogP contribution in [0.2, 0.25) is 0 Å². The lowest BCUT2D eigenvalue weighted by atomic mass is 10.0. The van der Waals surface area contributed by atoms with E-state index in [-0.39, 0.29) is 0 Å². The fourth-order valence-electron chi connectivity index (χ4n) is 3.52. The minimum absolute atomic E-state index is 0.585. The molecule has 18 heavy (non-hydrogen) atoms. The molecular formula is C14H28N2OS. The van der Waals surface area contributed by atoms with Crippen molar-refractivity contribution in [3.63, 3.8) is 0 Å². The summed E-state index contributed by atoms with van der Waals surface area (Å²) in [5.41, 5.74) is 0. The van der Waals surface area contributed by atoms with Crippen molar-refractivity contribution in [2.45, 2.75) is 57.7 Å². The van der Waals surface area contributed by atoms with Crippen LogP contribution in [0.25, 0.3) is 0 Å². The van der Waals surface area contributed by atoms with Crippen LogP contribution in [0.3, 0.4) is 0 Å². The van der Waals surface area contributed by atoms with Crippen LogP contribution >= 0.6 is 0 Å². The number of nitrogens with zero attached hydrogens (tertiary/aromatic N) is 2. The number of rotatable bonds is 5. The lowest BCUT2D eigenvalue weighted by Gasteiger charge is -2.46. The van der Waals surface area contributed by atoms with Gasteiger partial charge in [-0.3, -0.25) is 14.0 Å². The summed E-state index contributed by atoms with van der Waals surface area (Å²) in [6.07, 6.45) is 6.88. The van der Waals surface area contributed by atoms with E-state index in [1.807, 2.05) is 6.26 Å². The summed E-state index contributed by atoms with van der Waals surface area (Å²) in [5.74, 6) is 0.850. The Balaban J connectivity index is 1.93. The molecule has 4 heteroatoms. The van der Waals surface area contributed by atoms with E-state index in [2.05, 4.69) is 23.6 Å². The summed E-state index contributed by atoms with van der Waals surface area (Å²) < 4.78 is 11.2. The van der Waals surface area contributed by atoms with E-state index >= 15 is 0 Å². The quantitative estimate of drug-likeness (QED) is 0.761. The molecule has 0 amide bonds. The van der Waals surface area contributed by atoms with E-state index in [0.29, 0.717) is 12.1 Å². The van der Waals surface area contributed by atoms with Crippen molar-refractivity contribution in [3.05, 3.63) is 0 Å². The minimum Gasteiger partial charge on any atom is -0.298 e. The van der Waals surface area contributed by atoms with Gasteiger partial charge in [-0.2, -0.15) is 0 Å². The molecule has 0 radical (unpaired) electrons. The molecule has 0 aliphatic carbocycles. The first-order valence-corrected chi connectivity index (χ1v) is 9.14. The molecule has 0 N–H and O–H groups in total. The van der Waals surface area contributed by atoms with E-state index in [9.17, 15) is 4.21 Å². The molecule has 2 aliphatic rings. The van der Waals surface area contributed by atoms with Crippen LogP contribution in [0.5, 0.6) is 0 Å². The predicted octanol–water partition coefficient (Wildman–Crippen LogP) is 1.70. The van der Waals surface area contributed by atoms with Crippen molar-refractivity contribution in [2.75, 3.05) is 31.6 Å². The van der Waals surface area contributed by atoms with Crippen molar-refractivity contribution in [1.29, 1.82) is 0 Å². The first kappa shape index (κ1) is 14.5. The van der Waals surface area contributed by atoms with Crippen LogP contribution in [0.4, 0.5) is 0 Å². The van der Waals surface area contributed by atoms with Gasteiger partial charge in [0.15, 0.2) is 0 Å². The Morgan fingerprint density at radius 3 is 2.83 bits per heavy atom. The second-order valence-corrected chi connectivity index (χ2v) is 7.52. The molecule has 0 aromatic rings. The van der Waals surface area contributed by atoms with Gasteiger partial charge in [0.05, 0.1) is 0 Å². The first-order chi connectivity index (χ1) is 8.61. The molecule has 2 heterocycles. The van der Waals surface area contributed by atoms with Gasteiger partial charge in [0.1, 0.15) is 0 Å². The number of piperazine rings is 1. The smallest absolute Gasteiger partial charge is 0.0246 e. The molecule has 4 unspecified atom stereocenters. The van der Waals surface area contributed by atoms with Gasteiger partial charge in [-0.1, -0.05) is 6.92 Å². The average Bonchev–Trinajstić information content (AvgIpc) is 2.81. The van der Waals surface area contributed by atoms with E-state index < -0.39 is 10.8 Å². The third kappa shape index (κ3) is 3.34. The molecular weight excluding hydrogens is 244 g/mol. The highest BCUT2D eigenvalue weighted by molar-refractivity contribution is 7.84. The van der Waals surface area contributed by atoms with Crippen LogP contribution in [-0.4, -0.2) is 63.8 Å². The number of hydrogen-bond acceptors (Lipinski definition) is 3. The van der Waals surface area contributed by atoms with Crippen molar-refractivity contribution >= 4 is 10.8 Å². The van der Waals surface area contributed by atoms with Gasteiger partial charge in [0.25, 0.3) is 0 Å². The molecule has 0 bridgehead atoms. The molecule has 0 aromatic carbocycles. The van der Waals surface area contributed by atoms with E-state index in [1.54, 1.807) is 0 Å². The molecule has 2 rings (SSSR count). The van der Waals surface area contributed by atoms with E-state index in [4.69, 9.17) is 0 Å². The second-order valence-electron chi connectivity index (χ2n) is 5.96. The maximum absolute atomic E-state index is 11.2. The molecule has 0 aromatic heterocycles. The molecule has 4 atom stereocenters. The summed E-state index contributed by atoms with van der Waals surface area (Å²) in [5, 5.41) is 0. The second kappa shape index (κ2) is 6.49. The highest BCUT2D eigenvalue weighted by Gasteiger charge is 2.37. The molecule has 2 saturated heterocycles. The molecule has 0 saturated carbocycles. The van der Waals surface area contributed by atoms with Crippen LogP contribution < -0.4 is 0 Å². The van der Waals surface area contributed by atoms with Crippen molar-refractivity contribution in [2.24, 2.45) is 0 Å². The third-order valence-electron chi connectivity index (χ3n) is 4.70. The van der Waals surface area contributed by atoms with Gasteiger partial charge in [0, 0.05) is 54.0 Å². The fourth-order valence-corrected chi connectivity index (χ4v) is 4.19. The first-order valence-electron chi connectivity index (χ1n) is 7.41. The summed E-state index contributed by atoms with van der Waals surface area (Å²) >= 11 is 0. The van der Waals surface area contributed by atoms with Gasteiger partial charge < -0.3 is 0 Å². The summed E-state index contributed by atoms with van der Waals surface area (Å²) in [7, 11) is -0.646. The zero-order valence-electron chi connectivity index (χ0n) is 12.1. The minimum atomic E-state index is -0.646. The Morgan fingerprint density at radius 1 is 1.39 bits per heavy atom. The van der Waals surface area contributed by atoms with E-state index in [0.717, 1.165) is 18.2 Å². The van der Waals surface area contributed by atoms with Crippen molar-refractivity contribution in [3.8, 4) is 0 Å². The molecule has 2 aliphatic heterocycles. The summed E-state index contributed by atoms with van der Waals surface area (Å²) in [6.45, 7) is 8.41. The number of fused-ring (bicyclic) bond motifs is 1.